The van der Waals surface area contributed by atoms with Gasteiger partial charge in [0.15, 0.2) is 0 Å². The maximum Gasteiger partial charge on any atom is 0.338 e. The number of anilines is 6. The van der Waals surface area contributed by atoms with Gasteiger partial charge in [-0.25, -0.2) is 4.79 Å². The Labute approximate surface area is 494 Å². The first-order valence-corrected chi connectivity index (χ1v) is 28.6. The van der Waals surface area contributed by atoms with E-state index >= 15 is 0 Å². The second-order valence-corrected chi connectivity index (χ2v) is 21.4. The van der Waals surface area contributed by atoms with Gasteiger partial charge in [-0.2, -0.15) is 0 Å². The Morgan fingerprint density at radius 2 is 0.671 bits per heavy atom. The minimum absolute atomic E-state index is 0.358. The summed E-state index contributed by atoms with van der Waals surface area (Å²) < 4.78 is 12.0. The number of carbonyl (C=O) groups is 1. The molecule has 0 amide bonds. The lowest BCUT2D eigenvalue weighted by molar-refractivity contribution is -0.130. The van der Waals surface area contributed by atoms with E-state index in [2.05, 4.69) is 289 Å². The Balaban J connectivity index is 0.806. The van der Waals surface area contributed by atoms with Crippen molar-refractivity contribution in [3.8, 4) is 72.5 Å². The van der Waals surface area contributed by atoms with E-state index in [1.54, 1.807) is 6.92 Å². The summed E-state index contributed by atoms with van der Waals surface area (Å²) in [7, 11) is 0. The Morgan fingerprint density at radius 3 is 1.12 bits per heavy atom. The van der Waals surface area contributed by atoms with Crippen LogP contribution in [0, 0.1) is 0 Å². The van der Waals surface area contributed by atoms with Gasteiger partial charge in [-0.1, -0.05) is 231 Å². The molecule has 5 nitrogen and oxygen atoms in total. The van der Waals surface area contributed by atoms with Crippen molar-refractivity contribution < 1.29 is 13.9 Å². The maximum absolute atomic E-state index is 12.1. The lowest BCUT2D eigenvalue weighted by Crippen LogP contribution is -2.10. The number of fused-ring (bicyclic) bond motifs is 4. The molecule has 0 bridgehead atoms. The van der Waals surface area contributed by atoms with E-state index in [4.69, 9.17) is 9.15 Å². The molecule has 14 aromatic rings. The molecule has 1 heterocycles. The highest BCUT2D eigenvalue weighted by Crippen LogP contribution is 2.46. The molecular weight excluding hydrogens is 1040 g/mol. The third kappa shape index (κ3) is 10.3. The van der Waals surface area contributed by atoms with Gasteiger partial charge in [0.2, 0.25) is 0 Å². The number of benzene rings is 13. The van der Waals surface area contributed by atoms with Gasteiger partial charge in [-0.15, -0.1) is 0 Å². The molecule has 0 aliphatic heterocycles. The lowest BCUT2D eigenvalue weighted by atomic mass is 9.95. The van der Waals surface area contributed by atoms with Gasteiger partial charge in [0.25, 0.3) is 0 Å². The molecular formula is C80H56N2O3. The maximum atomic E-state index is 12.1. The number of furan rings is 1. The zero-order valence-electron chi connectivity index (χ0n) is 46.8. The van der Waals surface area contributed by atoms with Gasteiger partial charge in [0, 0.05) is 55.7 Å². The Kier molecular flexibility index (Phi) is 13.8. The van der Waals surface area contributed by atoms with Crippen LogP contribution in [0.2, 0.25) is 0 Å². The normalized spacial score (nSPS) is 11.2. The number of rotatable bonds is 14. The van der Waals surface area contributed by atoms with Gasteiger partial charge in [-0.3, -0.25) is 0 Å². The van der Waals surface area contributed by atoms with E-state index in [-0.39, 0.29) is 0 Å². The smallest absolute Gasteiger partial charge is 0.338 e. The molecule has 1 aromatic heterocycles. The number of hydrogen-bond acceptors (Lipinski definition) is 5. The number of ether oxygens (including phenoxy) is 1. The van der Waals surface area contributed by atoms with Crippen molar-refractivity contribution in [3.63, 3.8) is 0 Å². The fraction of sp³-hybridized carbons (Fsp3) is 0.0125. The van der Waals surface area contributed by atoms with Crippen LogP contribution >= 0.6 is 0 Å². The van der Waals surface area contributed by atoms with Gasteiger partial charge in [0.05, 0.1) is 5.69 Å². The van der Waals surface area contributed by atoms with Crippen LogP contribution in [-0.4, -0.2) is 5.97 Å². The second kappa shape index (κ2) is 22.6. The van der Waals surface area contributed by atoms with Crippen LogP contribution in [0.15, 0.2) is 326 Å². The largest absolute Gasteiger partial charge is 0.455 e. The fourth-order valence-electron chi connectivity index (χ4n) is 11.6. The molecule has 0 unspecified atom stereocenters. The molecule has 0 aliphatic carbocycles. The summed E-state index contributed by atoms with van der Waals surface area (Å²) in [6.07, 6.45) is 0. The van der Waals surface area contributed by atoms with E-state index in [9.17, 15) is 4.79 Å². The molecule has 0 saturated carbocycles. The third-order valence-corrected chi connectivity index (χ3v) is 16.0. The number of para-hydroxylation sites is 2. The number of nitrogens with zero attached hydrogens (tertiary/aromatic N) is 2. The minimum Gasteiger partial charge on any atom is -0.455 e. The van der Waals surface area contributed by atoms with Crippen molar-refractivity contribution in [1.29, 1.82) is 0 Å². The summed E-state index contributed by atoms with van der Waals surface area (Å²) in [6, 6.07) is 109. The first kappa shape index (κ1) is 51.8. The average Bonchev–Trinajstić information content (AvgIpc) is 2.16. The highest BCUT2D eigenvalue weighted by Gasteiger charge is 2.21. The van der Waals surface area contributed by atoms with Crippen LogP contribution in [0.5, 0.6) is 5.75 Å². The number of carbonyl (C=O) groups excluding carboxylic acids is 1. The van der Waals surface area contributed by atoms with Gasteiger partial charge in [0.1, 0.15) is 16.9 Å². The summed E-state index contributed by atoms with van der Waals surface area (Å²) in [4.78, 5) is 16.8. The van der Waals surface area contributed by atoms with Crippen molar-refractivity contribution in [2.75, 3.05) is 9.80 Å². The predicted molar refractivity (Wildman–Crippen MR) is 354 cm³/mol. The molecule has 0 atom stereocenters. The van der Waals surface area contributed by atoms with Crippen molar-refractivity contribution >= 4 is 72.8 Å². The molecule has 5 heteroatoms. The van der Waals surface area contributed by atoms with Crippen molar-refractivity contribution in [2.45, 2.75) is 6.92 Å². The standard InChI is InChI=1S/C80H56N2O3/c1-54(2)80(83)84-70-50-38-64(39-51-70)58-26-24-57(25-27-58)61-34-46-68(47-35-61)82(77-53-52-72(71-18-9-10-19-73(71)77)75-21-13-22-76-74-20-11-12-23-78(74)85-79(75)76)69-48-36-63(37-49-69)62-32-44-67(45-33-62)81(65-40-28-59(29-41-65)55-14-5-3-6-15-55)66-42-30-60(31-43-66)56-16-7-4-8-17-56/h3-53H,1H2,2H3. The highest BCUT2D eigenvalue weighted by molar-refractivity contribution is 6.14. The quantitative estimate of drug-likeness (QED) is 0.0617. The van der Waals surface area contributed by atoms with Crippen molar-refractivity contribution in [3.05, 3.63) is 322 Å². The first-order chi connectivity index (χ1) is 41.9. The Hall–Kier alpha value is -11.3. The van der Waals surface area contributed by atoms with Crippen molar-refractivity contribution in [1.82, 2.24) is 0 Å². The van der Waals surface area contributed by atoms with Crippen LogP contribution < -0.4 is 14.5 Å². The average molecular weight is 1090 g/mol. The second-order valence-electron chi connectivity index (χ2n) is 21.4. The summed E-state index contributed by atoms with van der Waals surface area (Å²) in [5.74, 6) is 0.0496. The Morgan fingerprint density at radius 1 is 0.318 bits per heavy atom. The van der Waals surface area contributed by atoms with E-state index in [1.165, 1.54) is 22.3 Å². The molecule has 0 spiro atoms. The summed E-state index contributed by atoms with van der Waals surface area (Å²) in [5.41, 5.74) is 21.8. The SMILES string of the molecule is C=C(C)C(=O)Oc1ccc(-c2ccc(-c3ccc(N(c4ccc(-c5ccc(N(c6ccc(-c7ccccc7)cc6)c6ccc(-c7ccccc7)cc6)cc5)cc4)c4ccc(-c5cccc6c5oc5ccccc56)c5ccccc45)cc3)cc2)cc1. The summed E-state index contributed by atoms with van der Waals surface area (Å²) in [6.45, 7) is 5.33. The van der Waals surface area contributed by atoms with Gasteiger partial charge >= 0.3 is 5.97 Å². The van der Waals surface area contributed by atoms with Crippen LogP contribution in [0.1, 0.15) is 6.92 Å². The number of hydrogen-bond donors (Lipinski definition) is 0. The molecule has 0 saturated heterocycles. The van der Waals surface area contributed by atoms with E-state index in [1.807, 2.05) is 36.4 Å². The molecule has 14 rings (SSSR count). The summed E-state index contributed by atoms with van der Waals surface area (Å²) >= 11 is 0. The van der Waals surface area contributed by atoms with Gasteiger partial charge in [-0.05, 0) is 158 Å². The van der Waals surface area contributed by atoms with Crippen LogP contribution in [0.4, 0.5) is 34.1 Å². The lowest BCUT2D eigenvalue weighted by Gasteiger charge is -2.28. The number of esters is 1. The first-order valence-electron chi connectivity index (χ1n) is 28.6. The molecule has 404 valence electrons. The minimum atomic E-state index is -0.436. The zero-order chi connectivity index (χ0) is 57.2. The highest BCUT2D eigenvalue weighted by atomic mass is 16.5. The summed E-state index contributed by atoms with van der Waals surface area (Å²) in [5, 5.41) is 4.45. The Bertz CT molecular complexity index is 4630. The van der Waals surface area contributed by atoms with Crippen molar-refractivity contribution in [2.24, 2.45) is 0 Å². The zero-order valence-corrected chi connectivity index (χ0v) is 46.8. The van der Waals surface area contributed by atoms with Crippen LogP contribution in [0.3, 0.4) is 0 Å². The fourth-order valence-corrected chi connectivity index (χ4v) is 11.6. The molecule has 0 fully saturated rings. The van der Waals surface area contributed by atoms with Gasteiger partial charge < -0.3 is 19.0 Å². The molecule has 0 N–H and O–H groups in total. The topological polar surface area (TPSA) is 45.9 Å². The molecule has 0 radical (unpaired) electrons. The molecule has 13 aromatic carbocycles. The van der Waals surface area contributed by atoms with Crippen LogP contribution in [0.25, 0.3) is 99.5 Å². The monoisotopic (exact) mass is 1090 g/mol. The van der Waals surface area contributed by atoms with Crippen LogP contribution in [-0.2, 0) is 4.79 Å². The molecule has 85 heavy (non-hydrogen) atoms. The molecule has 0 aliphatic rings. The third-order valence-electron chi connectivity index (χ3n) is 16.0. The van der Waals surface area contributed by atoms with E-state index in [0.717, 1.165) is 111 Å². The predicted octanol–water partition coefficient (Wildman–Crippen LogP) is 22.2. The van der Waals surface area contributed by atoms with E-state index < -0.39 is 5.97 Å². The van der Waals surface area contributed by atoms with E-state index in [0.29, 0.717) is 11.3 Å².